The Kier molecular flexibility index (Phi) is 7.72. The van der Waals surface area contributed by atoms with Gasteiger partial charge in [0.05, 0.1) is 6.54 Å². The number of piperazine rings is 1. The second kappa shape index (κ2) is 10.1. The lowest BCUT2D eigenvalue weighted by atomic mass is 9.86. The van der Waals surface area contributed by atoms with E-state index in [1.54, 1.807) is 0 Å². The number of carbonyl (C=O) groups excluding carboxylic acids is 1. The van der Waals surface area contributed by atoms with E-state index in [-0.39, 0.29) is 11.3 Å². The van der Waals surface area contributed by atoms with Crippen molar-refractivity contribution < 1.29 is 4.79 Å². The summed E-state index contributed by atoms with van der Waals surface area (Å²) >= 11 is 0. The van der Waals surface area contributed by atoms with Gasteiger partial charge in [-0.25, -0.2) is 0 Å². The summed E-state index contributed by atoms with van der Waals surface area (Å²) in [5.41, 5.74) is 2.82. The van der Waals surface area contributed by atoms with E-state index < -0.39 is 0 Å². The number of rotatable bonds is 6. The van der Waals surface area contributed by atoms with Gasteiger partial charge in [0.15, 0.2) is 0 Å². The minimum atomic E-state index is 0.155. The lowest BCUT2D eigenvalue weighted by molar-refractivity contribution is -0.122. The summed E-state index contributed by atoms with van der Waals surface area (Å²) in [6.45, 7) is 14.5. The smallest absolute Gasteiger partial charge is 0.234 e. The van der Waals surface area contributed by atoms with Gasteiger partial charge in [0.1, 0.15) is 0 Å². The molecule has 29 heavy (non-hydrogen) atoms. The van der Waals surface area contributed by atoms with Crippen molar-refractivity contribution in [1.29, 1.82) is 0 Å². The molecule has 5 heteroatoms. The fraction of sp³-hybridized carbons (Fsp3) is 0.708. The number of piperidine rings is 1. The van der Waals surface area contributed by atoms with Crippen molar-refractivity contribution in [3.8, 4) is 0 Å². The number of benzene rings is 1. The number of amides is 1. The van der Waals surface area contributed by atoms with E-state index in [0.29, 0.717) is 19.1 Å². The van der Waals surface area contributed by atoms with E-state index in [4.69, 9.17) is 0 Å². The summed E-state index contributed by atoms with van der Waals surface area (Å²) in [6, 6.07) is 9.50. The Bertz CT molecular complexity index is 644. The summed E-state index contributed by atoms with van der Waals surface area (Å²) in [5.74, 6) is 0.155. The molecule has 0 aliphatic carbocycles. The highest BCUT2D eigenvalue weighted by Gasteiger charge is 2.27. The highest BCUT2D eigenvalue weighted by Crippen LogP contribution is 2.22. The summed E-state index contributed by atoms with van der Waals surface area (Å²) in [4.78, 5) is 19.7. The van der Waals surface area contributed by atoms with Crippen LogP contribution in [0.4, 0.5) is 0 Å². The minimum absolute atomic E-state index is 0.155. The van der Waals surface area contributed by atoms with Crippen LogP contribution in [0.3, 0.4) is 0 Å². The zero-order valence-corrected chi connectivity index (χ0v) is 18.9. The Labute approximate surface area is 177 Å². The van der Waals surface area contributed by atoms with Crippen LogP contribution < -0.4 is 5.32 Å². The lowest BCUT2D eigenvalue weighted by Gasteiger charge is -2.42. The minimum Gasteiger partial charge on any atom is -0.355 e. The number of likely N-dealkylation sites (N-methyl/N-ethyl adjacent to an activating group) is 1. The molecule has 1 amide bonds. The lowest BCUT2D eigenvalue weighted by Crippen LogP contribution is -2.55. The van der Waals surface area contributed by atoms with E-state index in [1.807, 2.05) is 0 Å². The quantitative estimate of drug-likeness (QED) is 0.796. The van der Waals surface area contributed by atoms with Crippen molar-refractivity contribution in [2.45, 2.75) is 51.5 Å². The van der Waals surface area contributed by atoms with Crippen LogP contribution in [-0.4, -0.2) is 86.1 Å². The summed E-state index contributed by atoms with van der Waals surface area (Å²) in [7, 11) is 2.23. The highest BCUT2D eigenvalue weighted by atomic mass is 16.2. The van der Waals surface area contributed by atoms with Gasteiger partial charge in [-0.3, -0.25) is 14.6 Å². The van der Waals surface area contributed by atoms with E-state index in [2.05, 4.69) is 72.1 Å². The molecule has 0 spiro atoms. The second-order valence-corrected chi connectivity index (χ2v) is 9.92. The third kappa shape index (κ3) is 6.80. The Hall–Kier alpha value is -1.43. The van der Waals surface area contributed by atoms with Crippen LogP contribution in [0.1, 0.15) is 44.7 Å². The fourth-order valence-corrected chi connectivity index (χ4v) is 4.50. The van der Waals surface area contributed by atoms with Gasteiger partial charge in [-0.2, -0.15) is 0 Å². The van der Waals surface area contributed by atoms with Gasteiger partial charge in [-0.05, 0) is 49.4 Å². The molecule has 0 radical (unpaired) electrons. The zero-order valence-electron chi connectivity index (χ0n) is 18.9. The van der Waals surface area contributed by atoms with Gasteiger partial charge in [0, 0.05) is 45.3 Å². The average molecular weight is 401 g/mol. The Balaban J connectivity index is 1.33. The third-order valence-corrected chi connectivity index (χ3v) is 6.45. The van der Waals surface area contributed by atoms with Crippen LogP contribution in [0.15, 0.2) is 24.3 Å². The maximum atomic E-state index is 12.3. The molecule has 5 nitrogen and oxygen atoms in total. The first-order valence-corrected chi connectivity index (χ1v) is 11.3. The summed E-state index contributed by atoms with van der Waals surface area (Å²) in [6.07, 6.45) is 3.52. The molecule has 1 N–H and O–H groups in total. The van der Waals surface area contributed by atoms with Crippen molar-refractivity contribution in [1.82, 2.24) is 20.0 Å². The van der Waals surface area contributed by atoms with Gasteiger partial charge in [0.2, 0.25) is 5.91 Å². The molecule has 162 valence electrons. The van der Waals surface area contributed by atoms with E-state index in [9.17, 15) is 4.79 Å². The zero-order chi connectivity index (χ0) is 20.9. The van der Waals surface area contributed by atoms with Gasteiger partial charge in [-0.15, -0.1) is 0 Å². The Morgan fingerprint density at radius 2 is 1.76 bits per heavy atom. The molecule has 0 saturated carbocycles. The molecule has 2 aliphatic heterocycles. The van der Waals surface area contributed by atoms with Crippen LogP contribution in [-0.2, 0) is 16.6 Å². The van der Waals surface area contributed by atoms with E-state index in [1.165, 1.54) is 37.1 Å². The molecule has 2 aliphatic rings. The first-order chi connectivity index (χ1) is 13.8. The average Bonchev–Trinajstić information content (AvgIpc) is 2.68. The van der Waals surface area contributed by atoms with Gasteiger partial charge in [-0.1, -0.05) is 45.0 Å². The number of nitrogens with zero attached hydrogens (tertiary/aromatic N) is 3. The maximum absolute atomic E-state index is 12.3. The Morgan fingerprint density at radius 1 is 1.07 bits per heavy atom. The number of hydrogen-bond donors (Lipinski definition) is 1. The van der Waals surface area contributed by atoms with Crippen LogP contribution in [0, 0.1) is 0 Å². The third-order valence-electron chi connectivity index (χ3n) is 6.45. The first kappa shape index (κ1) is 22.3. The predicted molar refractivity (Wildman–Crippen MR) is 120 cm³/mol. The molecular formula is C24H40N4O. The van der Waals surface area contributed by atoms with Crippen LogP contribution in [0.2, 0.25) is 0 Å². The topological polar surface area (TPSA) is 38.8 Å². The van der Waals surface area contributed by atoms with E-state index >= 15 is 0 Å². The maximum Gasteiger partial charge on any atom is 0.234 e. The van der Waals surface area contributed by atoms with Gasteiger partial charge < -0.3 is 10.2 Å². The summed E-state index contributed by atoms with van der Waals surface area (Å²) < 4.78 is 0. The molecule has 2 heterocycles. The molecule has 2 saturated heterocycles. The number of likely N-dealkylation sites (tertiary alicyclic amines) is 1. The highest BCUT2D eigenvalue weighted by molar-refractivity contribution is 5.78. The SMILES string of the molecule is CN1CCCC(N2CCN(CC(=O)NCCc3ccc(C(C)(C)C)cc3)CC2)C1. The van der Waals surface area contributed by atoms with Crippen molar-refractivity contribution >= 4 is 5.91 Å². The summed E-state index contributed by atoms with van der Waals surface area (Å²) in [5, 5.41) is 3.10. The van der Waals surface area contributed by atoms with Crippen molar-refractivity contribution in [2.75, 3.05) is 59.4 Å². The molecule has 1 atom stereocenters. The van der Waals surface area contributed by atoms with Crippen LogP contribution in [0.25, 0.3) is 0 Å². The second-order valence-electron chi connectivity index (χ2n) is 9.92. The predicted octanol–water partition coefficient (Wildman–Crippen LogP) is 2.35. The normalized spacial score (nSPS) is 22.6. The monoisotopic (exact) mass is 400 g/mol. The van der Waals surface area contributed by atoms with Crippen LogP contribution in [0.5, 0.6) is 0 Å². The fourth-order valence-electron chi connectivity index (χ4n) is 4.50. The Morgan fingerprint density at radius 3 is 2.38 bits per heavy atom. The molecule has 2 fully saturated rings. The number of carbonyl (C=O) groups is 1. The molecular weight excluding hydrogens is 360 g/mol. The van der Waals surface area contributed by atoms with Crippen LogP contribution >= 0.6 is 0 Å². The van der Waals surface area contributed by atoms with Crippen molar-refractivity contribution in [2.24, 2.45) is 0 Å². The van der Waals surface area contributed by atoms with Gasteiger partial charge >= 0.3 is 0 Å². The molecule has 1 unspecified atom stereocenters. The number of nitrogens with one attached hydrogen (secondary N) is 1. The molecule has 0 bridgehead atoms. The molecule has 1 aromatic carbocycles. The standard InChI is InChI=1S/C24H40N4O/c1-24(2,3)21-9-7-20(8-10-21)11-12-25-23(29)19-27-14-16-28(17-15-27)22-6-5-13-26(4)18-22/h7-10,22H,5-6,11-19H2,1-4H3,(H,25,29). The molecule has 3 rings (SSSR count). The van der Waals surface area contributed by atoms with Gasteiger partial charge in [0.25, 0.3) is 0 Å². The molecule has 1 aromatic rings. The number of hydrogen-bond acceptors (Lipinski definition) is 4. The molecule has 0 aromatic heterocycles. The van der Waals surface area contributed by atoms with Crippen molar-refractivity contribution in [3.63, 3.8) is 0 Å². The van der Waals surface area contributed by atoms with Crippen molar-refractivity contribution in [3.05, 3.63) is 35.4 Å². The largest absolute Gasteiger partial charge is 0.355 e. The van der Waals surface area contributed by atoms with E-state index in [0.717, 1.165) is 32.6 Å². The first-order valence-electron chi connectivity index (χ1n) is 11.3.